The van der Waals surface area contributed by atoms with Crippen LogP contribution in [-0.4, -0.2) is 18.2 Å². The average molecular weight is 266 g/mol. The van der Waals surface area contributed by atoms with Gasteiger partial charge in [0, 0.05) is 11.1 Å². The third-order valence-electron chi connectivity index (χ3n) is 2.87. The van der Waals surface area contributed by atoms with Crippen molar-refractivity contribution in [2.75, 3.05) is 7.11 Å². The highest BCUT2D eigenvalue weighted by atomic mass is 16.5. The lowest BCUT2D eigenvalue weighted by Crippen LogP contribution is -1.86. The molecule has 0 aromatic heterocycles. The van der Waals surface area contributed by atoms with E-state index in [0.717, 1.165) is 5.56 Å². The van der Waals surface area contributed by atoms with E-state index in [1.165, 1.54) is 6.07 Å². The van der Waals surface area contributed by atoms with Gasteiger partial charge in [-0.1, -0.05) is 30.3 Å². The second kappa shape index (κ2) is 6.41. The second-order valence-electron chi connectivity index (χ2n) is 4.11. The molecule has 1 N–H and O–H groups in total. The summed E-state index contributed by atoms with van der Waals surface area (Å²) in [5.41, 5.74) is 1.58. The summed E-state index contributed by atoms with van der Waals surface area (Å²) in [5, 5.41) is 9.75. The van der Waals surface area contributed by atoms with Gasteiger partial charge in [-0.15, -0.1) is 0 Å². The second-order valence-corrected chi connectivity index (χ2v) is 4.11. The van der Waals surface area contributed by atoms with Gasteiger partial charge in [0.15, 0.2) is 0 Å². The van der Waals surface area contributed by atoms with Gasteiger partial charge in [-0.3, -0.25) is 0 Å². The predicted octanol–water partition coefficient (Wildman–Crippen LogP) is 3.33. The van der Waals surface area contributed by atoms with Crippen LogP contribution >= 0.6 is 0 Å². The summed E-state index contributed by atoms with van der Waals surface area (Å²) in [6.07, 6.45) is 3.37. The molecule has 0 spiro atoms. The van der Waals surface area contributed by atoms with Crippen LogP contribution < -0.4 is 4.74 Å². The number of carbonyl (C=O) groups excluding carboxylic acids is 1. The van der Waals surface area contributed by atoms with Gasteiger partial charge < -0.3 is 9.84 Å². The summed E-state index contributed by atoms with van der Waals surface area (Å²) < 4.78 is 5.23. The minimum atomic E-state index is 0.0514. The number of para-hydroxylation sites is 2. The number of aromatic hydroxyl groups is 1. The van der Waals surface area contributed by atoms with Crippen molar-refractivity contribution in [3.05, 3.63) is 65.7 Å². The van der Waals surface area contributed by atoms with Gasteiger partial charge >= 0.3 is 0 Å². The number of phenolic OH excluding ortho intramolecular Hbond substituents is 1. The Morgan fingerprint density at radius 2 is 1.85 bits per heavy atom. The van der Waals surface area contributed by atoms with Gasteiger partial charge in [0.25, 0.3) is 0 Å². The standard InChI is InChI=1S/C17H14O3/c1-20-17-9-5-2-6-13(17)10-11-14(12-18)15-7-3-4-8-16(15)19/h2-11,19H,1H3/b11-10+. The van der Waals surface area contributed by atoms with Crippen molar-refractivity contribution in [3.63, 3.8) is 0 Å². The molecule has 0 atom stereocenters. The number of phenols is 1. The first-order valence-corrected chi connectivity index (χ1v) is 6.11. The third kappa shape index (κ3) is 2.97. The van der Waals surface area contributed by atoms with Crippen LogP contribution in [0.25, 0.3) is 11.6 Å². The van der Waals surface area contributed by atoms with Crippen molar-refractivity contribution in [1.29, 1.82) is 0 Å². The van der Waals surface area contributed by atoms with E-state index in [4.69, 9.17) is 4.74 Å². The Kier molecular flexibility index (Phi) is 4.38. The number of hydrogen-bond acceptors (Lipinski definition) is 3. The van der Waals surface area contributed by atoms with E-state index in [0.29, 0.717) is 11.3 Å². The Morgan fingerprint density at radius 1 is 1.15 bits per heavy atom. The van der Waals surface area contributed by atoms with Gasteiger partial charge in [0.2, 0.25) is 0 Å². The maximum atomic E-state index is 11.1. The van der Waals surface area contributed by atoms with E-state index >= 15 is 0 Å². The van der Waals surface area contributed by atoms with Gasteiger partial charge in [-0.25, -0.2) is 4.79 Å². The first-order valence-electron chi connectivity index (χ1n) is 6.11. The zero-order valence-corrected chi connectivity index (χ0v) is 11.0. The van der Waals surface area contributed by atoms with Crippen molar-refractivity contribution in [2.45, 2.75) is 0 Å². The average Bonchev–Trinajstić information content (AvgIpc) is 2.50. The zero-order valence-electron chi connectivity index (χ0n) is 11.0. The van der Waals surface area contributed by atoms with Crippen molar-refractivity contribution in [3.8, 4) is 11.5 Å². The maximum absolute atomic E-state index is 11.1. The topological polar surface area (TPSA) is 46.5 Å². The van der Waals surface area contributed by atoms with Crippen LogP contribution in [0.15, 0.2) is 54.6 Å². The van der Waals surface area contributed by atoms with E-state index in [-0.39, 0.29) is 11.3 Å². The molecule has 0 heterocycles. The molecule has 3 nitrogen and oxygen atoms in total. The minimum Gasteiger partial charge on any atom is -0.507 e. The molecule has 0 aliphatic heterocycles. The fraction of sp³-hybridized carbons (Fsp3) is 0.0588. The largest absolute Gasteiger partial charge is 0.507 e. The van der Waals surface area contributed by atoms with E-state index in [1.54, 1.807) is 37.5 Å². The molecule has 3 heteroatoms. The molecule has 0 fully saturated rings. The summed E-state index contributed by atoms with van der Waals surface area (Å²) in [5.74, 6) is 2.61. The van der Waals surface area contributed by atoms with Crippen LogP contribution in [-0.2, 0) is 4.79 Å². The lowest BCUT2D eigenvalue weighted by molar-refractivity contribution is 0.414. The summed E-state index contributed by atoms with van der Waals surface area (Å²) in [6.45, 7) is 0. The Hall–Kier alpha value is -2.77. The van der Waals surface area contributed by atoms with Crippen LogP contribution in [0.4, 0.5) is 0 Å². The Labute approximate surface area is 117 Å². The summed E-state index contributed by atoms with van der Waals surface area (Å²) in [6, 6.07) is 14.1. The third-order valence-corrected chi connectivity index (χ3v) is 2.87. The molecule has 2 aromatic rings. The van der Waals surface area contributed by atoms with Crippen molar-refractivity contribution >= 4 is 17.6 Å². The fourth-order valence-electron chi connectivity index (χ4n) is 1.86. The van der Waals surface area contributed by atoms with Crippen molar-refractivity contribution < 1.29 is 14.6 Å². The predicted molar refractivity (Wildman–Crippen MR) is 79.2 cm³/mol. The monoisotopic (exact) mass is 266 g/mol. The molecule has 0 aliphatic carbocycles. The fourth-order valence-corrected chi connectivity index (χ4v) is 1.86. The molecule has 0 radical (unpaired) electrons. The Bertz CT molecular complexity index is 680. The first kappa shape index (κ1) is 13.7. The molecule has 0 aliphatic rings. The maximum Gasteiger partial charge on any atom is 0.133 e. The highest BCUT2D eigenvalue weighted by molar-refractivity contribution is 5.97. The van der Waals surface area contributed by atoms with E-state index in [9.17, 15) is 9.90 Å². The quantitative estimate of drug-likeness (QED) is 0.682. The molecule has 20 heavy (non-hydrogen) atoms. The van der Waals surface area contributed by atoms with E-state index < -0.39 is 0 Å². The molecule has 0 unspecified atom stereocenters. The summed E-state index contributed by atoms with van der Waals surface area (Å²) in [4.78, 5) is 11.1. The highest BCUT2D eigenvalue weighted by Gasteiger charge is 2.05. The lowest BCUT2D eigenvalue weighted by atomic mass is 10.0. The molecule has 2 aromatic carbocycles. The molecule has 0 bridgehead atoms. The molecule has 100 valence electrons. The van der Waals surface area contributed by atoms with Gasteiger partial charge in [0.1, 0.15) is 17.4 Å². The number of allylic oxidation sites excluding steroid dienone is 2. The Balaban J connectivity index is 2.35. The van der Waals surface area contributed by atoms with Gasteiger partial charge in [-0.2, -0.15) is 0 Å². The van der Waals surface area contributed by atoms with E-state index in [1.807, 2.05) is 30.2 Å². The Morgan fingerprint density at radius 3 is 2.55 bits per heavy atom. The first-order chi connectivity index (χ1) is 9.76. The summed E-state index contributed by atoms with van der Waals surface area (Å²) >= 11 is 0. The van der Waals surface area contributed by atoms with Crippen LogP contribution in [0.3, 0.4) is 0 Å². The van der Waals surface area contributed by atoms with Crippen molar-refractivity contribution in [1.82, 2.24) is 0 Å². The van der Waals surface area contributed by atoms with Crippen LogP contribution in [0.5, 0.6) is 11.5 Å². The van der Waals surface area contributed by atoms with Gasteiger partial charge in [0.05, 0.1) is 12.7 Å². The SMILES string of the molecule is COc1ccccc1/C=C/C(=C=O)c1ccccc1O. The van der Waals surface area contributed by atoms with Crippen LogP contribution in [0, 0.1) is 0 Å². The molecule has 2 rings (SSSR count). The lowest BCUT2D eigenvalue weighted by Gasteiger charge is -2.04. The molecule has 0 saturated heterocycles. The number of rotatable bonds is 4. The molecule has 0 amide bonds. The van der Waals surface area contributed by atoms with Crippen LogP contribution in [0.2, 0.25) is 0 Å². The zero-order chi connectivity index (χ0) is 14.4. The highest BCUT2D eigenvalue weighted by Crippen LogP contribution is 2.25. The normalized spacial score (nSPS) is 10.2. The van der Waals surface area contributed by atoms with Crippen molar-refractivity contribution in [2.24, 2.45) is 0 Å². The summed E-state index contributed by atoms with van der Waals surface area (Å²) in [7, 11) is 1.59. The number of benzene rings is 2. The van der Waals surface area contributed by atoms with Crippen LogP contribution in [0.1, 0.15) is 11.1 Å². The number of hydrogen-bond donors (Lipinski definition) is 1. The van der Waals surface area contributed by atoms with Gasteiger partial charge in [-0.05, 0) is 30.4 Å². The molecular weight excluding hydrogens is 252 g/mol. The number of ether oxygens (including phenoxy) is 1. The van der Waals surface area contributed by atoms with E-state index in [2.05, 4.69) is 0 Å². The number of methoxy groups -OCH3 is 1. The smallest absolute Gasteiger partial charge is 0.133 e. The molecular formula is C17H14O3. The minimum absolute atomic E-state index is 0.0514. The molecule has 0 saturated carbocycles.